The lowest BCUT2D eigenvalue weighted by Gasteiger charge is -2.28. The molecular weight excluding hydrogens is 735 g/mol. The second kappa shape index (κ2) is 20.5. The Morgan fingerprint density at radius 3 is 1.93 bits per heavy atom. The molecule has 0 saturated carbocycles. The van der Waals surface area contributed by atoms with Gasteiger partial charge in [-0.1, -0.05) is 54.6 Å². The summed E-state index contributed by atoms with van der Waals surface area (Å²) >= 11 is 0. The number of carbonyl (C=O) groups is 4. The number of likely N-dealkylation sites (N-methyl/N-ethyl adjacent to an activating group) is 1. The molecule has 1 saturated heterocycles. The van der Waals surface area contributed by atoms with Gasteiger partial charge in [-0.3, -0.25) is 24.1 Å². The molecule has 0 aliphatic carbocycles. The minimum absolute atomic E-state index is 0.167. The summed E-state index contributed by atoms with van der Waals surface area (Å²) in [7, 11) is 1.76. The molecule has 0 radical (unpaired) electrons. The molecule has 0 spiro atoms. The number of fused-ring (bicyclic) bond motifs is 1. The van der Waals surface area contributed by atoms with Crippen molar-refractivity contribution in [2.45, 2.75) is 19.3 Å². The van der Waals surface area contributed by atoms with E-state index in [0.29, 0.717) is 53.4 Å². The predicted octanol–water partition coefficient (Wildman–Crippen LogP) is 5.35. The molecule has 6 rings (SSSR count). The lowest BCUT2D eigenvalue weighted by atomic mass is 10.0. The van der Waals surface area contributed by atoms with Crippen LogP contribution in [0.1, 0.15) is 59.0 Å². The molecule has 5 aromatic carbocycles. The molecule has 4 amide bonds. The van der Waals surface area contributed by atoms with Crippen LogP contribution in [0, 0.1) is 0 Å². The van der Waals surface area contributed by atoms with Crippen LogP contribution in [-0.4, -0.2) is 121 Å². The monoisotopic (exact) mass is 785 g/mol. The van der Waals surface area contributed by atoms with Gasteiger partial charge < -0.3 is 35.4 Å². The van der Waals surface area contributed by atoms with E-state index in [9.17, 15) is 29.4 Å². The third kappa shape index (κ3) is 11.1. The zero-order valence-corrected chi connectivity index (χ0v) is 32.9. The van der Waals surface area contributed by atoms with Crippen molar-refractivity contribution in [3.63, 3.8) is 0 Å². The third-order valence-corrected chi connectivity index (χ3v) is 10.3. The van der Waals surface area contributed by atoms with Gasteiger partial charge in [0, 0.05) is 68.7 Å². The number of hydrogen-bond donors (Lipinski definition) is 4. The second-order valence-electron chi connectivity index (χ2n) is 14.4. The molecule has 58 heavy (non-hydrogen) atoms. The molecule has 1 aliphatic heterocycles. The summed E-state index contributed by atoms with van der Waals surface area (Å²) in [6.07, 6.45) is 2.50. The van der Waals surface area contributed by atoms with E-state index in [4.69, 9.17) is 4.74 Å². The molecule has 5 aromatic rings. The maximum Gasteiger partial charge on any atom is 0.257 e. The molecule has 12 heteroatoms. The smallest absolute Gasteiger partial charge is 0.257 e. The fourth-order valence-corrected chi connectivity index (χ4v) is 6.96. The first-order chi connectivity index (χ1) is 28.2. The quantitative estimate of drug-likeness (QED) is 0.0986. The fraction of sp³-hybridized carbons (Fsp3) is 0.304. The zero-order chi connectivity index (χ0) is 40.9. The number of carbonyl (C=O) groups excluding carboxylic acids is 4. The standard InChI is InChI=1S/C46H51N5O7/c1-49(20-21-50-24-28-58-29-25-50)45(56)39-11-5-10-38(30-39)43(54)48-42-32-37-9-3-2-8-36(37)31-41(42)44(55)47-40-18-14-34(15-19-40)7-4-6-33-12-16-35(17-13-33)46(57)51(22-26-52)23-27-53/h2-3,5,8-19,30-32,52-53H,4,6-7,20-29H2,1H3,(H,47,55)(H,48,54). The van der Waals surface area contributed by atoms with Gasteiger partial charge in [0.1, 0.15) is 0 Å². The summed E-state index contributed by atoms with van der Waals surface area (Å²) in [6.45, 7) is 4.36. The Hall–Kier alpha value is -5.92. The fourth-order valence-electron chi connectivity index (χ4n) is 6.96. The van der Waals surface area contributed by atoms with Crippen molar-refractivity contribution in [2.24, 2.45) is 0 Å². The number of hydrogen-bond acceptors (Lipinski definition) is 8. The molecule has 1 aliphatic rings. The average molecular weight is 786 g/mol. The number of benzene rings is 5. The zero-order valence-electron chi connectivity index (χ0n) is 32.9. The molecule has 12 nitrogen and oxygen atoms in total. The van der Waals surface area contributed by atoms with Crippen LogP contribution >= 0.6 is 0 Å². The van der Waals surface area contributed by atoms with Crippen molar-refractivity contribution in [3.8, 4) is 0 Å². The van der Waals surface area contributed by atoms with Gasteiger partial charge in [0.05, 0.1) is 37.7 Å². The van der Waals surface area contributed by atoms with Crippen molar-refractivity contribution in [3.05, 3.63) is 143 Å². The highest BCUT2D eigenvalue weighted by Gasteiger charge is 2.20. The number of aliphatic hydroxyl groups is 2. The van der Waals surface area contributed by atoms with Crippen LogP contribution in [0.5, 0.6) is 0 Å². The van der Waals surface area contributed by atoms with Crippen LogP contribution in [0.25, 0.3) is 10.8 Å². The molecular formula is C46H51N5O7. The second-order valence-corrected chi connectivity index (χ2v) is 14.4. The maximum absolute atomic E-state index is 13.8. The number of aliphatic hydroxyl groups excluding tert-OH is 2. The summed E-state index contributed by atoms with van der Waals surface area (Å²) in [5.74, 6) is -1.22. The van der Waals surface area contributed by atoms with Crippen molar-refractivity contribution >= 4 is 45.8 Å². The SMILES string of the molecule is CN(CCN1CCOCC1)C(=O)c1cccc(C(=O)Nc2cc3ccccc3cc2C(=O)Nc2ccc(CCCc3ccc(C(=O)N(CCO)CCO)cc3)cc2)c1. The molecule has 1 heterocycles. The first kappa shape index (κ1) is 41.7. The molecule has 0 unspecified atom stereocenters. The number of nitrogens with one attached hydrogen (secondary N) is 2. The van der Waals surface area contributed by atoms with Crippen molar-refractivity contribution < 1.29 is 34.1 Å². The van der Waals surface area contributed by atoms with Crippen LogP contribution in [0.4, 0.5) is 11.4 Å². The minimum atomic E-state index is -0.438. The highest BCUT2D eigenvalue weighted by molar-refractivity contribution is 6.15. The van der Waals surface area contributed by atoms with E-state index in [-0.39, 0.29) is 44.0 Å². The molecule has 0 atom stereocenters. The van der Waals surface area contributed by atoms with E-state index in [1.54, 1.807) is 60.5 Å². The Morgan fingerprint density at radius 1 is 0.655 bits per heavy atom. The van der Waals surface area contributed by atoms with E-state index >= 15 is 0 Å². The summed E-state index contributed by atoms with van der Waals surface area (Å²) in [5, 5.41) is 26.1. The largest absolute Gasteiger partial charge is 0.395 e. The summed E-state index contributed by atoms with van der Waals surface area (Å²) < 4.78 is 5.42. The third-order valence-electron chi connectivity index (χ3n) is 10.3. The molecule has 0 bridgehead atoms. The number of anilines is 2. The van der Waals surface area contributed by atoms with Gasteiger partial charge in [0.15, 0.2) is 0 Å². The Balaban J connectivity index is 1.06. The Morgan fingerprint density at radius 2 is 1.28 bits per heavy atom. The highest BCUT2D eigenvalue weighted by Crippen LogP contribution is 2.26. The predicted molar refractivity (Wildman–Crippen MR) is 225 cm³/mol. The van der Waals surface area contributed by atoms with E-state index in [0.717, 1.165) is 60.8 Å². The lowest BCUT2D eigenvalue weighted by molar-refractivity contribution is 0.0338. The van der Waals surface area contributed by atoms with Gasteiger partial charge in [-0.15, -0.1) is 0 Å². The number of rotatable bonds is 17. The van der Waals surface area contributed by atoms with Gasteiger partial charge in [0.25, 0.3) is 23.6 Å². The molecule has 4 N–H and O–H groups in total. The number of amides is 4. The first-order valence-corrected chi connectivity index (χ1v) is 19.7. The normalized spacial score (nSPS) is 12.9. The lowest BCUT2D eigenvalue weighted by Crippen LogP contribution is -2.41. The summed E-state index contributed by atoms with van der Waals surface area (Å²) in [4.78, 5) is 58.8. The summed E-state index contributed by atoms with van der Waals surface area (Å²) in [6, 6.07) is 32.9. The molecule has 1 fully saturated rings. The average Bonchev–Trinajstić information content (AvgIpc) is 3.26. The maximum atomic E-state index is 13.8. The summed E-state index contributed by atoms with van der Waals surface area (Å²) in [5.41, 5.74) is 4.68. The van der Waals surface area contributed by atoms with Crippen molar-refractivity contribution in [1.29, 1.82) is 0 Å². The van der Waals surface area contributed by atoms with Crippen LogP contribution in [0.3, 0.4) is 0 Å². The van der Waals surface area contributed by atoms with Crippen LogP contribution in [0.2, 0.25) is 0 Å². The topological polar surface area (TPSA) is 152 Å². The highest BCUT2D eigenvalue weighted by atomic mass is 16.5. The van der Waals surface area contributed by atoms with E-state index in [1.807, 2.05) is 60.7 Å². The van der Waals surface area contributed by atoms with Gasteiger partial charge in [-0.05, 0) is 95.8 Å². The van der Waals surface area contributed by atoms with E-state index < -0.39 is 5.91 Å². The Bertz CT molecular complexity index is 2180. The van der Waals surface area contributed by atoms with Gasteiger partial charge in [-0.25, -0.2) is 0 Å². The number of aryl methyl sites for hydroxylation is 2. The Labute approximate surface area is 339 Å². The van der Waals surface area contributed by atoms with Gasteiger partial charge >= 0.3 is 0 Å². The van der Waals surface area contributed by atoms with Crippen molar-refractivity contribution in [2.75, 3.05) is 83.4 Å². The van der Waals surface area contributed by atoms with Crippen molar-refractivity contribution in [1.82, 2.24) is 14.7 Å². The van der Waals surface area contributed by atoms with E-state index in [1.165, 1.54) is 4.90 Å². The van der Waals surface area contributed by atoms with E-state index in [2.05, 4.69) is 15.5 Å². The Kier molecular flexibility index (Phi) is 14.7. The minimum Gasteiger partial charge on any atom is -0.395 e. The number of ether oxygens (including phenoxy) is 1. The van der Waals surface area contributed by atoms with Crippen LogP contribution in [-0.2, 0) is 17.6 Å². The first-order valence-electron chi connectivity index (χ1n) is 19.7. The van der Waals surface area contributed by atoms with Crippen LogP contribution in [0.15, 0.2) is 109 Å². The van der Waals surface area contributed by atoms with Gasteiger partial charge in [0.2, 0.25) is 0 Å². The number of nitrogens with zero attached hydrogens (tertiary/aromatic N) is 3. The van der Waals surface area contributed by atoms with Crippen LogP contribution < -0.4 is 10.6 Å². The number of morpholine rings is 1. The molecule has 302 valence electrons. The molecule has 0 aromatic heterocycles. The van der Waals surface area contributed by atoms with Gasteiger partial charge in [-0.2, -0.15) is 0 Å².